The Morgan fingerprint density at radius 3 is 2.36 bits per heavy atom. The van der Waals surface area contributed by atoms with Crippen LogP contribution >= 0.6 is 0 Å². The van der Waals surface area contributed by atoms with Crippen LogP contribution in [-0.4, -0.2) is 19.8 Å². The first-order valence-corrected chi connectivity index (χ1v) is 9.71. The quantitative estimate of drug-likeness (QED) is 0.742. The van der Waals surface area contributed by atoms with Gasteiger partial charge in [-0.15, -0.1) is 0 Å². The summed E-state index contributed by atoms with van der Waals surface area (Å²) in [6, 6.07) is 13.6. The Balaban J connectivity index is 0.000000880. The lowest BCUT2D eigenvalue weighted by Gasteiger charge is -2.24. The van der Waals surface area contributed by atoms with E-state index in [4.69, 9.17) is 9.47 Å². The molecule has 0 bridgehead atoms. The number of fused-ring (bicyclic) bond motifs is 1. The Labute approximate surface area is 152 Å². The number of benzene rings is 2. The molecule has 0 N–H and O–H groups in total. The summed E-state index contributed by atoms with van der Waals surface area (Å²) in [4.78, 5) is 0. The van der Waals surface area contributed by atoms with Crippen LogP contribution in [0.4, 0.5) is 0 Å². The Kier molecular flexibility index (Phi) is 6.14. The van der Waals surface area contributed by atoms with E-state index < -0.39 is 0 Å². The molecule has 2 aliphatic rings. The predicted octanol–water partition coefficient (Wildman–Crippen LogP) is 5.44. The van der Waals surface area contributed by atoms with E-state index in [1.165, 1.54) is 33.6 Å². The van der Waals surface area contributed by atoms with E-state index in [9.17, 15) is 0 Å². The second kappa shape index (κ2) is 8.53. The van der Waals surface area contributed by atoms with Crippen LogP contribution in [0.1, 0.15) is 60.4 Å². The molecular formula is C23H30O2. The van der Waals surface area contributed by atoms with Gasteiger partial charge in [0.25, 0.3) is 0 Å². The van der Waals surface area contributed by atoms with Crippen LogP contribution in [0.3, 0.4) is 0 Å². The fourth-order valence-electron chi connectivity index (χ4n) is 3.76. The molecule has 25 heavy (non-hydrogen) atoms. The molecular weight excluding hydrogens is 308 g/mol. The highest BCUT2D eigenvalue weighted by Gasteiger charge is 2.25. The third-order valence-corrected chi connectivity index (χ3v) is 5.06. The molecule has 0 unspecified atom stereocenters. The van der Waals surface area contributed by atoms with Crippen molar-refractivity contribution >= 4 is 0 Å². The summed E-state index contributed by atoms with van der Waals surface area (Å²) in [5, 5.41) is 0. The van der Waals surface area contributed by atoms with E-state index in [-0.39, 0.29) is 0 Å². The number of hydrogen-bond acceptors (Lipinski definition) is 2. The van der Waals surface area contributed by atoms with Gasteiger partial charge in [-0.05, 0) is 54.4 Å². The van der Waals surface area contributed by atoms with Crippen LogP contribution in [0.2, 0.25) is 0 Å². The lowest BCUT2D eigenvalue weighted by Crippen LogP contribution is -2.15. The zero-order valence-corrected chi connectivity index (χ0v) is 15.8. The van der Waals surface area contributed by atoms with E-state index in [0.717, 1.165) is 45.5 Å². The lowest BCUT2D eigenvalue weighted by molar-refractivity contribution is 0.0847. The Morgan fingerprint density at radius 2 is 1.64 bits per heavy atom. The van der Waals surface area contributed by atoms with E-state index >= 15 is 0 Å². The summed E-state index contributed by atoms with van der Waals surface area (Å²) in [7, 11) is 0. The molecule has 0 spiro atoms. The molecule has 2 aromatic rings. The fourth-order valence-corrected chi connectivity index (χ4v) is 3.76. The highest BCUT2D eigenvalue weighted by Crippen LogP contribution is 2.39. The average molecular weight is 338 g/mol. The summed E-state index contributed by atoms with van der Waals surface area (Å²) in [6.45, 7) is 8.72. The molecule has 0 saturated carbocycles. The molecule has 0 amide bonds. The maximum Gasteiger partial charge on any atom is 0.126 e. The molecule has 2 heteroatoms. The summed E-state index contributed by atoms with van der Waals surface area (Å²) in [6.07, 6.45) is 4.28. The first-order valence-electron chi connectivity index (χ1n) is 9.71. The van der Waals surface area contributed by atoms with Crippen LogP contribution in [-0.2, 0) is 17.6 Å². The van der Waals surface area contributed by atoms with E-state index in [1.807, 2.05) is 13.8 Å². The standard InChI is InChI=1S/C21H24O2.C2H6/c1-15-2-4-16(5-3-15)12-17-13-19-8-11-23-21(19)20(14-17)18-6-9-22-10-7-18;1-2/h2-5,13-14,18H,6-12H2,1H3;1-2H3. The van der Waals surface area contributed by atoms with Gasteiger partial charge in [0, 0.05) is 19.6 Å². The van der Waals surface area contributed by atoms with Gasteiger partial charge in [-0.2, -0.15) is 0 Å². The van der Waals surface area contributed by atoms with Crippen molar-refractivity contribution in [1.29, 1.82) is 0 Å². The van der Waals surface area contributed by atoms with Crippen molar-refractivity contribution in [2.24, 2.45) is 0 Å². The van der Waals surface area contributed by atoms with Crippen LogP contribution in [0.15, 0.2) is 36.4 Å². The Bertz CT molecular complexity index is 682. The molecule has 2 aromatic carbocycles. The summed E-state index contributed by atoms with van der Waals surface area (Å²) in [5.41, 5.74) is 6.94. The van der Waals surface area contributed by atoms with Crippen molar-refractivity contribution in [1.82, 2.24) is 0 Å². The first-order chi connectivity index (χ1) is 12.3. The number of hydrogen-bond donors (Lipinski definition) is 0. The molecule has 4 rings (SSSR count). The third kappa shape index (κ3) is 4.24. The first kappa shape index (κ1) is 18.0. The maximum absolute atomic E-state index is 5.96. The predicted molar refractivity (Wildman–Crippen MR) is 104 cm³/mol. The van der Waals surface area contributed by atoms with E-state index in [0.29, 0.717) is 5.92 Å². The minimum Gasteiger partial charge on any atom is -0.493 e. The summed E-state index contributed by atoms with van der Waals surface area (Å²) >= 11 is 0. The largest absolute Gasteiger partial charge is 0.493 e. The molecule has 134 valence electrons. The molecule has 0 radical (unpaired) electrons. The van der Waals surface area contributed by atoms with Crippen molar-refractivity contribution in [3.63, 3.8) is 0 Å². The molecule has 1 saturated heterocycles. The van der Waals surface area contributed by atoms with Crippen molar-refractivity contribution in [3.8, 4) is 5.75 Å². The van der Waals surface area contributed by atoms with Crippen molar-refractivity contribution in [2.75, 3.05) is 19.8 Å². The maximum atomic E-state index is 5.96. The van der Waals surface area contributed by atoms with Gasteiger partial charge in [-0.3, -0.25) is 0 Å². The van der Waals surface area contributed by atoms with Crippen LogP contribution in [0, 0.1) is 6.92 Å². The zero-order chi connectivity index (χ0) is 17.6. The van der Waals surface area contributed by atoms with Gasteiger partial charge in [0.05, 0.1) is 6.61 Å². The zero-order valence-electron chi connectivity index (χ0n) is 15.8. The van der Waals surface area contributed by atoms with E-state index in [2.05, 4.69) is 43.3 Å². The number of aryl methyl sites for hydroxylation is 1. The fraction of sp³-hybridized carbons (Fsp3) is 0.478. The topological polar surface area (TPSA) is 18.5 Å². The van der Waals surface area contributed by atoms with Crippen molar-refractivity contribution in [3.05, 3.63) is 64.2 Å². The normalized spacial score (nSPS) is 16.6. The van der Waals surface area contributed by atoms with Gasteiger partial charge in [-0.25, -0.2) is 0 Å². The minimum atomic E-state index is 0.591. The molecule has 2 nitrogen and oxygen atoms in total. The smallest absolute Gasteiger partial charge is 0.126 e. The highest BCUT2D eigenvalue weighted by molar-refractivity contribution is 5.49. The van der Waals surface area contributed by atoms with Gasteiger partial charge >= 0.3 is 0 Å². The minimum absolute atomic E-state index is 0.591. The second-order valence-corrected chi connectivity index (χ2v) is 6.82. The molecule has 2 heterocycles. The highest BCUT2D eigenvalue weighted by atomic mass is 16.5. The van der Waals surface area contributed by atoms with Crippen LogP contribution < -0.4 is 4.74 Å². The van der Waals surface area contributed by atoms with Gasteiger partial charge in [0.1, 0.15) is 5.75 Å². The average Bonchev–Trinajstić information content (AvgIpc) is 3.14. The molecule has 1 fully saturated rings. The van der Waals surface area contributed by atoms with Crippen molar-refractivity contribution < 1.29 is 9.47 Å². The summed E-state index contributed by atoms with van der Waals surface area (Å²) in [5.74, 6) is 1.76. The lowest BCUT2D eigenvalue weighted by atomic mass is 9.87. The molecule has 0 aliphatic carbocycles. The van der Waals surface area contributed by atoms with Crippen LogP contribution in [0.25, 0.3) is 0 Å². The SMILES string of the molecule is CC.Cc1ccc(Cc2cc3c(c(C4CCOCC4)c2)OCC3)cc1. The summed E-state index contributed by atoms with van der Waals surface area (Å²) < 4.78 is 11.5. The van der Waals surface area contributed by atoms with Gasteiger partial charge in [0.15, 0.2) is 0 Å². The molecule has 0 aromatic heterocycles. The monoisotopic (exact) mass is 338 g/mol. The Hall–Kier alpha value is -1.80. The van der Waals surface area contributed by atoms with Crippen molar-refractivity contribution in [2.45, 2.75) is 52.4 Å². The van der Waals surface area contributed by atoms with Gasteiger partial charge in [0.2, 0.25) is 0 Å². The van der Waals surface area contributed by atoms with Crippen LogP contribution in [0.5, 0.6) is 5.75 Å². The Morgan fingerprint density at radius 1 is 0.920 bits per heavy atom. The third-order valence-electron chi connectivity index (χ3n) is 5.06. The van der Waals surface area contributed by atoms with Gasteiger partial charge < -0.3 is 9.47 Å². The van der Waals surface area contributed by atoms with E-state index in [1.54, 1.807) is 0 Å². The number of ether oxygens (including phenoxy) is 2. The van der Waals surface area contributed by atoms with Gasteiger partial charge in [-0.1, -0.05) is 55.8 Å². The molecule has 0 atom stereocenters. The second-order valence-electron chi connectivity index (χ2n) is 6.82. The molecule has 2 aliphatic heterocycles. The number of rotatable bonds is 3.